The van der Waals surface area contributed by atoms with E-state index in [0.29, 0.717) is 6.04 Å². The van der Waals surface area contributed by atoms with E-state index in [4.69, 9.17) is 0 Å². The highest BCUT2D eigenvalue weighted by Crippen LogP contribution is 2.18. The monoisotopic (exact) mass is 219 g/mol. The average Bonchev–Trinajstić information content (AvgIpc) is 2.69. The second-order valence-electron chi connectivity index (χ2n) is 3.96. The first-order valence-electron chi connectivity index (χ1n) is 5.62. The summed E-state index contributed by atoms with van der Waals surface area (Å²) in [5, 5.41) is 3.30. The van der Waals surface area contributed by atoms with Crippen molar-refractivity contribution in [1.82, 2.24) is 14.9 Å². The van der Waals surface area contributed by atoms with Crippen LogP contribution in [-0.4, -0.2) is 22.6 Å². The van der Waals surface area contributed by atoms with Crippen molar-refractivity contribution in [1.29, 1.82) is 0 Å². The molecule has 0 amide bonds. The number of imidazole rings is 1. The Morgan fingerprint density at radius 3 is 2.88 bits per heavy atom. The molecule has 16 heavy (non-hydrogen) atoms. The van der Waals surface area contributed by atoms with Gasteiger partial charge in [-0.2, -0.15) is 0 Å². The fourth-order valence-electron chi connectivity index (χ4n) is 2.13. The van der Waals surface area contributed by atoms with Crippen LogP contribution in [0.4, 0.5) is 0 Å². The Kier molecular flexibility index (Phi) is 3.41. The zero-order valence-corrected chi connectivity index (χ0v) is 9.28. The van der Waals surface area contributed by atoms with Gasteiger partial charge in [-0.3, -0.25) is 4.57 Å². The van der Waals surface area contributed by atoms with Crippen molar-refractivity contribution in [3.8, 4) is 0 Å². The lowest BCUT2D eigenvalue weighted by Crippen LogP contribution is -2.33. The highest BCUT2D eigenvalue weighted by Gasteiger charge is 2.18. The minimum Gasteiger partial charge on any atom is -0.317 e. The van der Waals surface area contributed by atoms with E-state index in [1.807, 2.05) is 16.7 Å². The molecule has 2 N–H and O–H groups in total. The molecule has 0 aliphatic carbocycles. The van der Waals surface area contributed by atoms with Crippen LogP contribution in [0.3, 0.4) is 0 Å². The first-order chi connectivity index (χ1) is 7.83. The molecule has 4 nitrogen and oxygen atoms in total. The molecule has 0 saturated carbocycles. The highest BCUT2D eigenvalue weighted by molar-refractivity contribution is 5.46. The number of aromatic nitrogens is 2. The van der Waals surface area contributed by atoms with Crippen LogP contribution in [0.2, 0.25) is 0 Å². The summed E-state index contributed by atoms with van der Waals surface area (Å²) in [5.41, 5.74) is 0.910. The van der Waals surface area contributed by atoms with Crippen LogP contribution in [-0.2, 0) is 0 Å². The van der Waals surface area contributed by atoms with E-state index in [1.54, 1.807) is 12.3 Å². The summed E-state index contributed by atoms with van der Waals surface area (Å²) in [6, 6.07) is 0.310. The topological polar surface area (TPSA) is 49.8 Å². The van der Waals surface area contributed by atoms with Crippen LogP contribution in [0.15, 0.2) is 29.7 Å². The summed E-state index contributed by atoms with van der Waals surface area (Å²) in [4.78, 5) is 14.5. The van der Waals surface area contributed by atoms with Gasteiger partial charge in [0.15, 0.2) is 0 Å². The summed E-state index contributed by atoms with van der Waals surface area (Å²) in [6.07, 6.45) is 9.24. The lowest BCUT2D eigenvalue weighted by atomic mass is 10.1. The van der Waals surface area contributed by atoms with Crippen molar-refractivity contribution in [3.63, 3.8) is 0 Å². The Bertz CT molecular complexity index is 435. The molecule has 1 aromatic rings. The fraction of sp³-hybridized carbons (Fsp3) is 0.417. The Morgan fingerprint density at radius 1 is 1.44 bits per heavy atom. The lowest BCUT2D eigenvalue weighted by Gasteiger charge is -2.24. The Balaban J connectivity index is 2.30. The third kappa shape index (κ3) is 2.17. The maximum atomic E-state index is 11.7. The number of hydrogen-bond donors (Lipinski definition) is 2. The number of allylic oxidation sites excluding steroid dienone is 2. The number of rotatable bonds is 3. The number of aromatic amines is 1. The average molecular weight is 219 g/mol. The van der Waals surface area contributed by atoms with Crippen LogP contribution >= 0.6 is 0 Å². The summed E-state index contributed by atoms with van der Waals surface area (Å²) in [6.45, 7) is 5.59. The molecule has 2 rings (SSSR count). The largest absolute Gasteiger partial charge is 0.326 e. The smallest absolute Gasteiger partial charge is 0.317 e. The number of piperidine rings is 1. The molecule has 1 fully saturated rings. The van der Waals surface area contributed by atoms with Crippen molar-refractivity contribution < 1.29 is 0 Å². The van der Waals surface area contributed by atoms with E-state index in [9.17, 15) is 4.79 Å². The molecular formula is C12H17N3O. The fourth-order valence-corrected chi connectivity index (χ4v) is 2.13. The number of nitrogens with one attached hydrogen (secondary N) is 2. The summed E-state index contributed by atoms with van der Waals surface area (Å²) >= 11 is 0. The second kappa shape index (κ2) is 4.99. The summed E-state index contributed by atoms with van der Waals surface area (Å²) in [7, 11) is 0. The zero-order chi connectivity index (χ0) is 11.4. The van der Waals surface area contributed by atoms with Gasteiger partial charge < -0.3 is 10.3 Å². The minimum atomic E-state index is -0.0180. The van der Waals surface area contributed by atoms with E-state index in [-0.39, 0.29) is 5.69 Å². The molecule has 1 aliphatic heterocycles. The van der Waals surface area contributed by atoms with Gasteiger partial charge in [0.2, 0.25) is 0 Å². The molecule has 0 aromatic carbocycles. The van der Waals surface area contributed by atoms with Crippen molar-refractivity contribution in [2.45, 2.75) is 18.9 Å². The van der Waals surface area contributed by atoms with Crippen molar-refractivity contribution >= 4 is 6.08 Å². The quantitative estimate of drug-likeness (QED) is 0.753. The molecule has 86 valence electrons. The van der Waals surface area contributed by atoms with Crippen LogP contribution in [0.1, 0.15) is 24.6 Å². The number of nitrogens with zero attached hydrogens (tertiary/aromatic N) is 1. The molecule has 4 heteroatoms. The molecule has 0 unspecified atom stereocenters. The molecule has 1 aliphatic rings. The molecule has 1 saturated heterocycles. The van der Waals surface area contributed by atoms with Gasteiger partial charge in [0.25, 0.3) is 0 Å². The highest BCUT2D eigenvalue weighted by atomic mass is 16.1. The van der Waals surface area contributed by atoms with Gasteiger partial charge in [0.1, 0.15) is 0 Å². The molecule has 0 radical (unpaired) electrons. The molecule has 0 atom stereocenters. The minimum absolute atomic E-state index is 0.0180. The van der Waals surface area contributed by atoms with E-state index in [2.05, 4.69) is 16.9 Å². The first-order valence-corrected chi connectivity index (χ1v) is 5.62. The molecule has 1 aromatic heterocycles. The molecule has 0 spiro atoms. The Labute approximate surface area is 94.7 Å². The lowest BCUT2D eigenvalue weighted by molar-refractivity contribution is 0.360. The zero-order valence-electron chi connectivity index (χ0n) is 9.28. The SMILES string of the molecule is C=C/C=C\c1c[nH]c(=O)n1C1CCNCC1. The normalized spacial score (nSPS) is 18.0. The second-order valence-corrected chi connectivity index (χ2v) is 3.96. The van der Waals surface area contributed by atoms with Gasteiger partial charge in [-0.25, -0.2) is 4.79 Å². The molecule has 2 heterocycles. The predicted octanol–water partition coefficient (Wildman–Crippen LogP) is 1.30. The third-order valence-corrected chi connectivity index (χ3v) is 2.92. The summed E-state index contributed by atoms with van der Waals surface area (Å²) < 4.78 is 1.85. The van der Waals surface area contributed by atoms with E-state index in [0.717, 1.165) is 31.6 Å². The Morgan fingerprint density at radius 2 is 2.19 bits per heavy atom. The third-order valence-electron chi connectivity index (χ3n) is 2.92. The number of H-pyrrole nitrogens is 1. The van der Waals surface area contributed by atoms with Crippen molar-refractivity contribution in [2.75, 3.05) is 13.1 Å². The summed E-state index contributed by atoms with van der Waals surface area (Å²) in [5.74, 6) is 0. The molecular weight excluding hydrogens is 202 g/mol. The van der Waals surface area contributed by atoms with Gasteiger partial charge in [-0.1, -0.05) is 18.7 Å². The van der Waals surface area contributed by atoms with E-state index < -0.39 is 0 Å². The van der Waals surface area contributed by atoms with E-state index >= 15 is 0 Å². The maximum Gasteiger partial charge on any atom is 0.326 e. The predicted molar refractivity (Wildman–Crippen MR) is 65.4 cm³/mol. The van der Waals surface area contributed by atoms with Gasteiger partial charge >= 0.3 is 5.69 Å². The number of hydrogen-bond acceptors (Lipinski definition) is 2. The van der Waals surface area contributed by atoms with Gasteiger partial charge in [0, 0.05) is 12.2 Å². The van der Waals surface area contributed by atoms with Gasteiger partial charge in [-0.05, 0) is 32.0 Å². The van der Waals surface area contributed by atoms with Crippen molar-refractivity contribution in [2.24, 2.45) is 0 Å². The molecule has 0 bridgehead atoms. The van der Waals surface area contributed by atoms with Crippen LogP contribution in [0.25, 0.3) is 6.08 Å². The Hall–Kier alpha value is -1.55. The van der Waals surface area contributed by atoms with E-state index in [1.165, 1.54) is 0 Å². The van der Waals surface area contributed by atoms with Crippen molar-refractivity contribution in [3.05, 3.63) is 41.1 Å². The first kappa shape index (κ1) is 11.0. The van der Waals surface area contributed by atoms with Gasteiger partial charge in [0.05, 0.1) is 5.69 Å². The van der Waals surface area contributed by atoms with Crippen LogP contribution < -0.4 is 11.0 Å². The van der Waals surface area contributed by atoms with Gasteiger partial charge in [-0.15, -0.1) is 0 Å². The maximum absolute atomic E-state index is 11.7. The standard InChI is InChI=1S/C12H17N3O/c1-2-3-4-11-9-14-12(16)15(11)10-5-7-13-8-6-10/h2-4,9-10,13H,1,5-8H2,(H,14,16)/b4-3-. The van der Waals surface area contributed by atoms with Crippen LogP contribution in [0, 0.1) is 0 Å². The van der Waals surface area contributed by atoms with Crippen LogP contribution in [0.5, 0.6) is 0 Å².